The standard InChI is InChI=1S/C13H17F3N2O2S/c14-13(15,16)10-11-2-4-12(5-3-11)21(19,20)18-8-1-6-17-7-9-18/h2-5,17H,1,6-10H2. The molecular weight excluding hydrogens is 305 g/mol. The minimum Gasteiger partial charge on any atom is -0.315 e. The lowest BCUT2D eigenvalue weighted by molar-refractivity contribution is -0.127. The molecule has 0 aliphatic carbocycles. The van der Waals surface area contributed by atoms with Crippen LogP contribution in [-0.4, -0.2) is 45.1 Å². The summed E-state index contributed by atoms with van der Waals surface area (Å²) in [5.41, 5.74) is 0.0546. The Bertz CT molecular complexity index is 562. The van der Waals surface area contributed by atoms with E-state index in [1.54, 1.807) is 0 Å². The van der Waals surface area contributed by atoms with Crippen molar-refractivity contribution in [2.75, 3.05) is 26.2 Å². The number of halogens is 3. The summed E-state index contributed by atoms with van der Waals surface area (Å²) in [6.07, 6.45) is -4.64. The molecule has 1 aliphatic rings. The summed E-state index contributed by atoms with van der Waals surface area (Å²) in [6.45, 7) is 2.12. The highest BCUT2D eigenvalue weighted by molar-refractivity contribution is 7.89. The summed E-state index contributed by atoms with van der Waals surface area (Å²) in [5.74, 6) is 0. The molecule has 0 unspecified atom stereocenters. The third-order valence-corrected chi connectivity index (χ3v) is 5.18. The molecule has 0 amide bonds. The van der Waals surface area contributed by atoms with Gasteiger partial charge in [-0.2, -0.15) is 17.5 Å². The van der Waals surface area contributed by atoms with Gasteiger partial charge in [0.05, 0.1) is 11.3 Å². The van der Waals surface area contributed by atoms with Gasteiger partial charge in [-0.3, -0.25) is 0 Å². The molecular formula is C13H17F3N2O2S. The largest absolute Gasteiger partial charge is 0.393 e. The SMILES string of the molecule is O=S(=O)(c1ccc(CC(F)(F)F)cc1)N1CCCNCC1. The van der Waals surface area contributed by atoms with Crippen LogP contribution >= 0.6 is 0 Å². The molecule has 1 fully saturated rings. The van der Waals surface area contributed by atoms with Crippen LogP contribution in [0.25, 0.3) is 0 Å². The van der Waals surface area contributed by atoms with E-state index >= 15 is 0 Å². The van der Waals surface area contributed by atoms with E-state index in [1.165, 1.54) is 28.6 Å². The van der Waals surface area contributed by atoms with E-state index in [0.29, 0.717) is 26.1 Å². The molecule has 0 aromatic heterocycles. The van der Waals surface area contributed by atoms with Crippen LogP contribution in [0.4, 0.5) is 13.2 Å². The third-order valence-electron chi connectivity index (χ3n) is 3.26. The molecule has 1 aliphatic heterocycles. The normalized spacial score (nSPS) is 18.4. The number of nitrogens with zero attached hydrogens (tertiary/aromatic N) is 1. The van der Waals surface area contributed by atoms with Gasteiger partial charge in [-0.15, -0.1) is 0 Å². The van der Waals surface area contributed by atoms with Gasteiger partial charge in [0.1, 0.15) is 0 Å². The molecule has 118 valence electrons. The van der Waals surface area contributed by atoms with E-state index in [9.17, 15) is 21.6 Å². The fraction of sp³-hybridized carbons (Fsp3) is 0.538. The van der Waals surface area contributed by atoms with Crippen LogP contribution in [-0.2, 0) is 16.4 Å². The zero-order valence-electron chi connectivity index (χ0n) is 11.4. The first kappa shape index (κ1) is 16.3. The zero-order chi connectivity index (χ0) is 15.5. The van der Waals surface area contributed by atoms with Gasteiger partial charge in [0.2, 0.25) is 10.0 Å². The van der Waals surface area contributed by atoms with Crippen molar-refractivity contribution in [1.29, 1.82) is 0 Å². The fourth-order valence-electron chi connectivity index (χ4n) is 2.22. The molecule has 0 atom stereocenters. The van der Waals surface area contributed by atoms with Crippen LogP contribution in [0.5, 0.6) is 0 Å². The molecule has 0 bridgehead atoms. The van der Waals surface area contributed by atoms with Crippen molar-refractivity contribution in [3.8, 4) is 0 Å². The molecule has 8 heteroatoms. The van der Waals surface area contributed by atoms with Crippen molar-refractivity contribution in [1.82, 2.24) is 9.62 Å². The number of benzene rings is 1. The van der Waals surface area contributed by atoms with Gasteiger partial charge in [-0.05, 0) is 30.7 Å². The molecule has 2 rings (SSSR count). The van der Waals surface area contributed by atoms with Gasteiger partial charge in [-0.25, -0.2) is 8.42 Å². The second-order valence-electron chi connectivity index (χ2n) is 4.94. The fourth-order valence-corrected chi connectivity index (χ4v) is 3.70. The Morgan fingerprint density at radius 2 is 1.76 bits per heavy atom. The predicted octanol–water partition coefficient (Wildman–Crippen LogP) is 1.78. The minimum absolute atomic E-state index is 0.0373. The minimum atomic E-state index is -4.29. The first-order chi connectivity index (χ1) is 9.79. The monoisotopic (exact) mass is 322 g/mol. The van der Waals surface area contributed by atoms with Gasteiger partial charge in [0, 0.05) is 19.6 Å². The van der Waals surface area contributed by atoms with Crippen molar-refractivity contribution in [3.05, 3.63) is 29.8 Å². The number of hydrogen-bond donors (Lipinski definition) is 1. The second kappa shape index (κ2) is 6.33. The maximum atomic E-state index is 12.4. The highest BCUT2D eigenvalue weighted by Crippen LogP contribution is 2.23. The van der Waals surface area contributed by atoms with Crippen LogP contribution in [0.3, 0.4) is 0 Å². The van der Waals surface area contributed by atoms with E-state index in [-0.39, 0.29) is 10.5 Å². The van der Waals surface area contributed by atoms with E-state index in [2.05, 4.69) is 5.32 Å². The number of alkyl halides is 3. The molecule has 4 nitrogen and oxygen atoms in total. The molecule has 1 heterocycles. The van der Waals surface area contributed by atoms with Crippen molar-refractivity contribution < 1.29 is 21.6 Å². The Morgan fingerprint density at radius 1 is 1.10 bits per heavy atom. The first-order valence-electron chi connectivity index (χ1n) is 6.66. The number of hydrogen-bond acceptors (Lipinski definition) is 3. The average Bonchev–Trinajstić information content (AvgIpc) is 2.66. The van der Waals surface area contributed by atoms with Gasteiger partial charge in [0.15, 0.2) is 0 Å². The number of sulfonamides is 1. The second-order valence-corrected chi connectivity index (χ2v) is 6.88. The Balaban J connectivity index is 2.16. The summed E-state index contributed by atoms with van der Waals surface area (Å²) in [6, 6.07) is 4.93. The first-order valence-corrected chi connectivity index (χ1v) is 8.10. The summed E-state index contributed by atoms with van der Waals surface area (Å²) in [7, 11) is -3.63. The molecule has 21 heavy (non-hydrogen) atoms. The Kier molecular flexibility index (Phi) is 4.90. The predicted molar refractivity (Wildman–Crippen MR) is 72.4 cm³/mol. The topological polar surface area (TPSA) is 49.4 Å². The van der Waals surface area contributed by atoms with Gasteiger partial charge >= 0.3 is 6.18 Å². The maximum absolute atomic E-state index is 12.4. The molecule has 0 saturated carbocycles. The summed E-state index contributed by atoms with van der Waals surface area (Å²) >= 11 is 0. The Labute approximate surface area is 122 Å². The highest BCUT2D eigenvalue weighted by atomic mass is 32.2. The lowest BCUT2D eigenvalue weighted by atomic mass is 10.1. The van der Waals surface area contributed by atoms with Crippen LogP contribution in [0.1, 0.15) is 12.0 Å². The molecule has 0 radical (unpaired) electrons. The van der Waals surface area contributed by atoms with Crippen molar-refractivity contribution in [2.45, 2.75) is 23.9 Å². The lowest BCUT2D eigenvalue weighted by Gasteiger charge is -2.19. The van der Waals surface area contributed by atoms with E-state index < -0.39 is 22.6 Å². The average molecular weight is 322 g/mol. The summed E-state index contributed by atoms with van der Waals surface area (Å²) in [5, 5.41) is 3.10. The number of nitrogens with one attached hydrogen (secondary N) is 1. The van der Waals surface area contributed by atoms with Gasteiger partial charge in [-0.1, -0.05) is 12.1 Å². The molecule has 1 N–H and O–H groups in total. The molecule has 1 aromatic carbocycles. The zero-order valence-corrected chi connectivity index (χ0v) is 12.2. The maximum Gasteiger partial charge on any atom is 0.393 e. The quantitative estimate of drug-likeness (QED) is 0.923. The van der Waals surface area contributed by atoms with Crippen LogP contribution in [0, 0.1) is 0 Å². The lowest BCUT2D eigenvalue weighted by Crippen LogP contribution is -2.34. The molecule has 1 saturated heterocycles. The highest BCUT2D eigenvalue weighted by Gasteiger charge is 2.28. The van der Waals surface area contributed by atoms with Crippen LogP contribution < -0.4 is 5.32 Å². The van der Waals surface area contributed by atoms with Gasteiger partial charge in [0.25, 0.3) is 0 Å². The smallest absolute Gasteiger partial charge is 0.315 e. The molecule has 1 aromatic rings. The van der Waals surface area contributed by atoms with Crippen molar-refractivity contribution in [2.24, 2.45) is 0 Å². The van der Waals surface area contributed by atoms with Crippen molar-refractivity contribution in [3.63, 3.8) is 0 Å². The van der Waals surface area contributed by atoms with E-state index in [0.717, 1.165) is 6.54 Å². The van der Waals surface area contributed by atoms with E-state index in [1.807, 2.05) is 0 Å². The Morgan fingerprint density at radius 3 is 2.38 bits per heavy atom. The number of rotatable bonds is 3. The van der Waals surface area contributed by atoms with Crippen LogP contribution in [0.2, 0.25) is 0 Å². The summed E-state index contributed by atoms with van der Waals surface area (Å²) in [4.78, 5) is 0.0373. The van der Waals surface area contributed by atoms with Gasteiger partial charge < -0.3 is 5.32 Å². The van der Waals surface area contributed by atoms with Crippen molar-refractivity contribution >= 4 is 10.0 Å². The Hall–Kier alpha value is -1.12. The van der Waals surface area contributed by atoms with E-state index in [4.69, 9.17) is 0 Å². The molecule has 0 spiro atoms. The van der Waals surface area contributed by atoms with Crippen LogP contribution in [0.15, 0.2) is 29.2 Å². The summed E-state index contributed by atoms with van der Waals surface area (Å²) < 4.78 is 63.0. The third kappa shape index (κ3) is 4.42.